The molecule has 5 nitrogen and oxygen atoms in total. The Morgan fingerprint density at radius 1 is 1.13 bits per heavy atom. The number of aromatic nitrogens is 3. The SMILES string of the molecule is CCc1cccc(CC)c1NC(=O)CSc1nnc(-c2csc(C)c2CC)n1C(C)C. The van der Waals surface area contributed by atoms with Gasteiger partial charge in [0.15, 0.2) is 11.0 Å². The maximum absolute atomic E-state index is 12.8. The molecule has 0 saturated heterocycles. The van der Waals surface area contributed by atoms with Crippen LogP contribution in [-0.4, -0.2) is 26.4 Å². The number of hydrogen-bond donors (Lipinski definition) is 1. The van der Waals surface area contributed by atoms with Gasteiger partial charge in [0.1, 0.15) is 0 Å². The Labute approximate surface area is 193 Å². The predicted octanol–water partition coefficient (Wildman–Crippen LogP) is 6.31. The molecule has 0 fully saturated rings. The summed E-state index contributed by atoms with van der Waals surface area (Å²) < 4.78 is 2.15. The first-order valence-corrected chi connectivity index (χ1v) is 12.8. The number of benzene rings is 1. The minimum absolute atomic E-state index is 0.0129. The van der Waals surface area contributed by atoms with E-state index in [1.165, 1.54) is 33.3 Å². The van der Waals surface area contributed by atoms with Crippen LogP contribution in [0.3, 0.4) is 0 Å². The molecule has 0 saturated carbocycles. The van der Waals surface area contributed by atoms with Crippen molar-refractivity contribution in [1.82, 2.24) is 14.8 Å². The lowest BCUT2D eigenvalue weighted by molar-refractivity contribution is -0.113. The third-order valence-electron chi connectivity index (χ3n) is 5.47. The monoisotopic (exact) mass is 456 g/mol. The highest BCUT2D eigenvalue weighted by Gasteiger charge is 2.21. The molecular weight excluding hydrogens is 424 g/mol. The maximum Gasteiger partial charge on any atom is 0.234 e. The molecule has 2 aromatic heterocycles. The van der Waals surface area contributed by atoms with Crippen molar-refractivity contribution in [3.8, 4) is 11.4 Å². The molecule has 0 unspecified atom stereocenters. The molecule has 0 aliphatic heterocycles. The second-order valence-electron chi connectivity index (χ2n) is 7.80. The third kappa shape index (κ3) is 5.04. The molecule has 0 atom stereocenters. The van der Waals surface area contributed by atoms with E-state index in [-0.39, 0.29) is 11.9 Å². The van der Waals surface area contributed by atoms with Crippen LogP contribution < -0.4 is 5.32 Å². The lowest BCUT2D eigenvalue weighted by Crippen LogP contribution is -2.17. The van der Waals surface area contributed by atoms with Crippen molar-refractivity contribution in [2.24, 2.45) is 0 Å². The Hall–Kier alpha value is -2.12. The summed E-state index contributed by atoms with van der Waals surface area (Å²) in [5.74, 6) is 1.18. The van der Waals surface area contributed by atoms with E-state index in [1.807, 2.05) is 0 Å². The quantitative estimate of drug-likeness (QED) is 0.383. The number of anilines is 1. The smallest absolute Gasteiger partial charge is 0.234 e. The zero-order chi connectivity index (χ0) is 22.5. The first-order valence-electron chi connectivity index (χ1n) is 11.0. The molecule has 0 radical (unpaired) electrons. The average molecular weight is 457 g/mol. The number of carbonyl (C=O) groups is 1. The number of nitrogens with one attached hydrogen (secondary N) is 1. The van der Waals surface area contributed by atoms with Crippen LogP contribution in [0.4, 0.5) is 5.69 Å². The zero-order valence-corrected chi connectivity index (χ0v) is 20.9. The lowest BCUT2D eigenvalue weighted by atomic mass is 10.0. The standard InChI is InChI=1S/C24H32N4OS2/c1-7-17-11-10-12-18(8-2)22(17)25-21(29)14-31-24-27-26-23(28(24)15(4)5)20-13-30-16(6)19(20)9-3/h10-13,15H,7-9,14H2,1-6H3,(H,25,29). The fraction of sp³-hybridized carbons (Fsp3) is 0.458. The minimum Gasteiger partial charge on any atom is -0.325 e. The minimum atomic E-state index is -0.0129. The first kappa shape index (κ1) is 23.5. The largest absolute Gasteiger partial charge is 0.325 e. The molecule has 3 rings (SSSR count). The number of thioether (sulfide) groups is 1. The van der Waals surface area contributed by atoms with Crippen molar-refractivity contribution in [3.63, 3.8) is 0 Å². The Morgan fingerprint density at radius 2 is 1.81 bits per heavy atom. The number of nitrogens with zero attached hydrogens (tertiary/aromatic N) is 3. The first-order chi connectivity index (χ1) is 14.9. The number of aryl methyl sites for hydroxylation is 3. The highest BCUT2D eigenvalue weighted by atomic mass is 32.2. The molecule has 0 aliphatic carbocycles. The van der Waals surface area contributed by atoms with Gasteiger partial charge in [-0.1, -0.05) is 50.7 Å². The fourth-order valence-corrected chi connectivity index (χ4v) is 5.65. The van der Waals surface area contributed by atoms with Crippen LogP contribution in [0.5, 0.6) is 0 Å². The van der Waals surface area contributed by atoms with Crippen molar-refractivity contribution >= 4 is 34.7 Å². The molecular formula is C24H32N4OS2. The number of amides is 1. The van der Waals surface area contributed by atoms with Crippen molar-refractivity contribution in [2.45, 2.75) is 72.0 Å². The van der Waals surface area contributed by atoms with E-state index >= 15 is 0 Å². The predicted molar refractivity (Wildman–Crippen MR) is 132 cm³/mol. The fourth-order valence-electron chi connectivity index (χ4n) is 3.84. The van der Waals surface area contributed by atoms with Gasteiger partial charge in [-0.05, 0) is 56.7 Å². The Balaban J connectivity index is 1.80. The summed E-state index contributed by atoms with van der Waals surface area (Å²) in [5, 5.41) is 15.1. The van der Waals surface area contributed by atoms with Crippen LogP contribution in [0.15, 0.2) is 28.7 Å². The molecule has 2 heterocycles. The van der Waals surface area contributed by atoms with E-state index in [1.54, 1.807) is 11.3 Å². The van der Waals surface area contributed by atoms with Crippen molar-refractivity contribution in [2.75, 3.05) is 11.1 Å². The molecule has 1 amide bonds. The zero-order valence-electron chi connectivity index (χ0n) is 19.3. The second kappa shape index (κ2) is 10.5. The number of rotatable bonds is 9. The van der Waals surface area contributed by atoms with Crippen LogP contribution in [-0.2, 0) is 24.1 Å². The van der Waals surface area contributed by atoms with E-state index in [0.717, 1.165) is 41.5 Å². The van der Waals surface area contributed by atoms with Crippen LogP contribution in [0.2, 0.25) is 0 Å². The highest BCUT2D eigenvalue weighted by Crippen LogP contribution is 2.34. The van der Waals surface area contributed by atoms with E-state index in [9.17, 15) is 4.79 Å². The Kier molecular flexibility index (Phi) is 7.94. The van der Waals surface area contributed by atoms with Gasteiger partial charge in [-0.25, -0.2) is 0 Å². The summed E-state index contributed by atoms with van der Waals surface area (Å²) >= 11 is 3.20. The third-order valence-corrected chi connectivity index (χ3v) is 7.37. The van der Waals surface area contributed by atoms with Crippen LogP contribution in [0, 0.1) is 6.92 Å². The summed E-state index contributed by atoms with van der Waals surface area (Å²) in [4.78, 5) is 14.1. The molecule has 3 aromatic rings. The van der Waals surface area contributed by atoms with Gasteiger partial charge >= 0.3 is 0 Å². The molecule has 0 spiro atoms. The summed E-state index contributed by atoms with van der Waals surface area (Å²) in [6, 6.07) is 6.42. The number of thiophene rings is 1. The Morgan fingerprint density at radius 3 is 2.39 bits per heavy atom. The summed E-state index contributed by atoms with van der Waals surface area (Å²) in [7, 11) is 0. The normalized spacial score (nSPS) is 11.3. The number of hydrogen-bond acceptors (Lipinski definition) is 5. The average Bonchev–Trinajstić information content (AvgIpc) is 3.35. The van der Waals surface area contributed by atoms with E-state index in [4.69, 9.17) is 0 Å². The van der Waals surface area contributed by atoms with Gasteiger partial charge in [0.05, 0.1) is 5.75 Å². The van der Waals surface area contributed by atoms with Crippen molar-refractivity contribution in [3.05, 3.63) is 45.1 Å². The van der Waals surface area contributed by atoms with Gasteiger partial charge in [-0.15, -0.1) is 21.5 Å². The Bertz CT molecular complexity index is 1030. The van der Waals surface area contributed by atoms with Gasteiger partial charge < -0.3 is 5.32 Å². The molecule has 7 heteroatoms. The molecule has 31 heavy (non-hydrogen) atoms. The molecule has 0 aliphatic rings. The molecule has 1 aromatic carbocycles. The lowest BCUT2D eigenvalue weighted by Gasteiger charge is -2.15. The second-order valence-corrected chi connectivity index (χ2v) is 9.83. The van der Waals surface area contributed by atoms with Crippen LogP contribution in [0.25, 0.3) is 11.4 Å². The number of para-hydroxylation sites is 1. The number of carbonyl (C=O) groups excluding carboxylic acids is 1. The summed E-state index contributed by atoms with van der Waals surface area (Å²) in [5.41, 5.74) is 5.80. The van der Waals surface area contributed by atoms with Gasteiger partial charge in [-0.2, -0.15) is 0 Å². The van der Waals surface area contributed by atoms with Gasteiger partial charge in [0.2, 0.25) is 5.91 Å². The van der Waals surface area contributed by atoms with Gasteiger partial charge in [0.25, 0.3) is 0 Å². The molecule has 0 bridgehead atoms. The highest BCUT2D eigenvalue weighted by molar-refractivity contribution is 7.99. The van der Waals surface area contributed by atoms with Crippen LogP contribution in [0.1, 0.15) is 62.2 Å². The summed E-state index contributed by atoms with van der Waals surface area (Å²) in [6.07, 6.45) is 2.75. The van der Waals surface area contributed by atoms with Crippen molar-refractivity contribution < 1.29 is 4.79 Å². The topological polar surface area (TPSA) is 59.8 Å². The van der Waals surface area contributed by atoms with E-state index < -0.39 is 0 Å². The van der Waals surface area contributed by atoms with E-state index in [0.29, 0.717) is 5.75 Å². The van der Waals surface area contributed by atoms with E-state index in [2.05, 4.69) is 85.2 Å². The van der Waals surface area contributed by atoms with Crippen LogP contribution >= 0.6 is 23.1 Å². The maximum atomic E-state index is 12.8. The summed E-state index contributed by atoms with van der Waals surface area (Å²) in [6.45, 7) is 12.8. The molecule has 166 valence electrons. The van der Waals surface area contributed by atoms with Gasteiger partial charge in [0, 0.05) is 27.5 Å². The molecule has 1 N–H and O–H groups in total. The van der Waals surface area contributed by atoms with Crippen molar-refractivity contribution in [1.29, 1.82) is 0 Å². The van der Waals surface area contributed by atoms with Gasteiger partial charge in [-0.3, -0.25) is 9.36 Å².